The summed E-state index contributed by atoms with van der Waals surface area (Å²) in [5.74, 6) is 3.07. The zero-order chi connectivity index (χ0) is 21.0. The minimum absolute atomic E-state index is 0.610. The quantitative estimate of drug-likeness (QED) is 0.396. The van der Waals surface area contributed by atoms with Crippen molar-refractivity contribution in [2.75, 3.05) is 28.6 Å². The zero-order valence-electron chi connectivity index (χ0n) is 16.9. The first-order chi connectivity index (χ1) is 15.3. The molecular weight excluding hydrogens is 414 g/mol. The van der Waals surface area contributed by atoms with E-state index in [1.165, 1.54) is 42.7 Å². The first-order valence-corrected chi connectivity index (χ1v) is 11.2. The molecule has 0 unspecified atom stereocenters. The van der Waals surface area contributed by atoms with Crippen molar-refractivity contribution >= 4 is 46.0 Å². The fraction of sp³-hybridized carbons (Fsp3) is 0.350. The Labute approximate surface area is 182 Å². The van der Waals surface area contributed by atoms with Crippen LogP contribution in [0.15, 0.2) is 36.0 Å². The van der Waals surface area contributed by atoms with Gasteiger partial charge < -0.3 is 15.5 Å². The number of hydrogen-bond acceptors (Lipinski definition) is 8. The molecular formula is C20H23N9OS. The molecule has 0 aromatic carbocycles. The maximum atomic E-state index is 9.73. The Balaban J connectivity index is 0.000000217. The fourth-order valence-electron chi connectivity index (χ4n) is 3.54. The van der Waals surface area contributed by atoms with Crippen molar-refractivity contribution in [1.82, 2.24) is 29.8 Å². The number of hydrogen-bond donors (Lipinski definition) is 3. The van der Waals surface area contributed by atoms with Gasteiger partial charge in [-0.1, -0.05) is 0 Å². The van der Waals surface area contributed by atoms with Gasteiger partial charge in [0.25, 0.3) is 0 Å². The molecule has 4 aromatic rings. The van der Waals surface area contributed by atoms with Gasteiger partial charge in [0, 0.05) is 48.5 Å². The predicted octanol–water partition coefficient (Wildman–Crippen LogP) is 3.39. The van der Waals surface area contributed by atoms with Crippen molar-refractivity contribution in [2.45, 2.75) is 31.6 Å². The fourth-order valence-corrected chi connectivity index (χ4v) is 4.03. The first kappa shape index (κ1) is 19.5. The van der Waals surface area contributed by atoms with Crippen molar-refractivity contribution in [3.05, 3.63) is 41.7 Å². The number of fused-ring (bicyclic) bond motifs is 1. The van der Waals surface area contributed by atoms with Crippen LogP contribution in [0.25, 0.3) is 5.52 Å². The monoisotopic (exact) mass is 437 g/mol. The Morgan fingerprint density at radius 3 is 2.87 bits per heavy atom. The van der Waals surface area contributed by atoms with E-state index in [9.17, 15) is 4.79 Å². The van der Waals surface area contributed by atoms with Crippen LogP contribution in [0.1, 0.15) is 37.3 Å². The highest BCUT2D eigenvalue weighted by molar-refractivity contribution is 7.13. The van der Waals surface area contributed by atoms with Crippen LogP contribution < -0.4 is 15.5 Å². The first-order valence-electron chi connectivity index (χ1n) is 10.3. The van der Waals surface area contributed by atoms with Crippen LogP contribution >= 0.6 is 11.3 Å². The van der Waals surface area contributed by atoms with Crippen molar-refractivity contribution in [2.24, 2.45) is 0 Å². The second kappa shape index (κ2) is 8.72. The molecule has 1 aliphatic carbocycles. The molecule has 1 saturated heterocycles. The number of nitrogens with one attached hydrogen (secondary N) is 3. The molecule has 2 aliphatic rings. The van der Waals surface area contributed by atoms with Gasteiger partial charge in [0.1, 0.15) is 5.52 Å². The number of amides is 1. The molecule has 31 heavy (non-hydrogen) atoms. The van der Waals surface area contributed by atoms with Crippen LogP contribution in [0.2, 0.25) is 0 Å². The number of nitrogens with zero attached hydrogens (tertiary/aromatic N) is 6. The molecule has 0 atom stereocenters. The Hall–Kier alpha value is -3.47. The van der Waals surface area contributed by atoms with Crippen LogP contribution in [-0.4, -0.2) is 49.3 Å². The summed E-state index contributed by atoms with van der Waals surface area (Å²) < 4.78 is 1.89. The number of aromatic nitrogens is 6. The van der Waals surface area contributed by atoms with Crippen LogP contribution in [-0.2, 0) is 4.79 Å². The standard InChI is InChI=1S/C16H19N7.C4H4N2OS/c1-2-8-22(7-1)16-18-15(13-4-3-9-23(13)21-16)17-14-10-12(19-20-14)11-5-6-11;7-3-6-4-5-1-2-8-4/h3-4,9-11H,1-2,5-8H2,(H2,17,18,19,20,21);1-3H,(H,5,6,7). The van der Waals surface area contributed by atoms with Gasteiger partial charge >= 0.3 is 0 Å². The summed E-state index contributed by atoms with van der Waals surface area (Å²) in [6.45, 7) is 2.06. The largest absolute Gasteiger partial charge is 0.340 e. The number of rotatable bonds is 6. The summed E-state index contributed by atoms with van der Waals surface area (Å²) >= 11 is 1.39. The average Bonchev–Trinajstić information content (AvgIpc) is 3.31. The minimum Gasteiger partial charge on any atom is -0.340 e. The average molecular weight is 438 g/mol. The molecule has 3 N–H and O–H groups in total. The Bertz CT molecular complexity index is 1140. The second-order valence-corrected chi connectivity index (χ2v) is 8.39. The number of carbonyl (C=O) groups excluding carboxylic acids is 1. The summed E-state index contributed by atoms with van der Waals surface area (Å²) in [4.78, 5) is 20.5. The van der Waals surface area contributed by atoms with Gasteiger partial charge in [-0.15, -0.1) is 16.4 Å². The summed E-state index contributed by atoms with van der Waals surface area (Å²) in [5, 5.41) is 20.3. The van der Waals surface area contributed by atoms with Gasteiger partial charge in [0.05, 0.1) is 0 Å². The Morgan fingerprint density at radius 1 is 1.26 bits per heavy atom. The summed E-state index contributed by atoms with van der Waals surface area (Å²) in [5.41, 5.74) is 2.18. The molecule has 6 rings (SSSR count). The molecule has 1 amide bonds. The molecule has 0 radical (unpaired) electrons. The number of thiazole rings is 1. The van der Waals surface area contributed by atoms with Gasteiger partial charge in [0.15, 0.2) is 16.8 Å². The molecule has 4 aromatic heterocycles. The van der Waals surface area contributed by atoms with Crippen LogP contribution in [0.5, 0.6) is 0 Å². The van der Waals surface area contributed by atoms with E-state index in [0.717, 1.165) is 36.2 Å². The molecule has 0 spiro atoms. The number of anilines is 4. The van der Waals surface area contributed by atoms with Crippen molar-refractivity contribution in [3.63, 3.8) is 0 Å². The van der Waals surface area contributed by atoms with Crippen LogP contribution in [0, 0.1) is 0 Å². The molecule has 0 bridgehead atoms. The van der Waals surface area contributed by atoms with Crippen molar-refractivity contribution in [3.8, 4) is 0 Å². The molecule has 1 aliphatic heterocycles. The lowest BCUT2D eigenvalue weighted by molar-refractivity contribution is -0.105. The minimum atomic E-state index is 0.610. The van der Waals surface area contributed by atoms with E-state index in [0.29, 0.717) is 17.5 Å². The Kier molecular flexibility index (Phi) is 5.48. The van der Waals surface area contributed by atoms with E-state index in [2.05, 4.69) is 41.9 Å². The molecule has 1 saturated carbocycles. The third-order valence-corrected chi connectivity index (χ3v) is 5.95. The zero-order valence-corrected chi connectivity index (χ0v) is 17.7. The van der Waals surface area contributed by atoms with E-state index in [4.69, 9.17) is 4.98 Å². The van der Waals surface area contributed by atoms with Crippen LogP contribution in [0.4, 0.5) is 22.7 Å². The number of H-pyrrole nitrogens is 1. The Morgan fingerprint density at radius 2 is 2.13 bits per heavy atom. The predicted molar refractivity (Wildman–Crippen MR) is 120 cm³/mol. The van der Waals surface area contributed by atoms with Gasteiger partial charge in [-0.25, -0.2) is 9.50 Å². The maximum absolute atomic E-state index is 9.73. The normalized spacial score (nSPS) is 15.5. The summed E-state index contributed by atoms with van der Waals surface area (Å²) in [6.07, 6.45) is 9.14. The molecule has 160 valence electrons. The van der Waals surface area contributed by atoms with Gasteiger partial charge in [-0.3, -0.25) is 9.89 Å². The van der Waals surface area contributed by atoms with E-state index in [-0.39, 0.29) is 0 Å². The number of aromatic amines is 1. The lowest BCUT2D eigenvalue weighted by Gasteiger charge is -2.16. The van der Waals surface area contributed by atoms with Gasteiger partial charge in [-0.2, -0.15) is 10.1 Å². The topological polar surface area (TPSA) is 116 Å². The second-order valence-electron chi connectivity index (χ2n) is 7.50. The van der Waals surface area contributed by atoms with Gasteiger partial charge in [0.2, 0.25) is 12.4 Å². The van der Waals surface area contributed by atoms with E-state index < -0.39 is 0 Å². The highest BCUT2D eigenvalue weighted by atomic mass is 32.1. The van der Waals surface area contributed by atoms with Crippen LogP contribution in [0.3, 0.4) is 0 Å². The molecule has 2 fully saturated rings. The highest BCUT2D eigenvalue weighted by Crippen LogP contribution is 2.39. The third kappa shape index (κ3) is 4.50. The summed E-state index contributed by atoms with van der Waals surface area (Å²) in [6, 6.07) is 6.10. The molecule has 10 nitrogen and oxygen atoms in total. The molecule has 5 heterocycles. The lowest BCUT2D eigenvalue weighted by atomic mass is 10.3. The maximum Gasteiger partial charge on any atom is 0.245 e. The summed E-state index contributed by atoms with van der Waals surface area (Å²) in [7, 11) is 0. The SMILES string of the molecule is O=CNc1nccs1.c1cc2c(Nc3cc(C4CC4)[nH]n3)nc(N3CCCC3)nn2c1. The molecule has 11 heteroatoms. The van der Waals surface area contributed by atoms with E-state index >= 15 is 0 Å². The van der Waals surface area contributed by atoms with Crippen molar-refractivity contribution in [1.29, 1.82) is 0 Å². The lowest BCUT2D eigenvalue weighted by Crippen LogP contribution is -2.22. The van der Waals surface area contributed by atoms with E-state index in [1.807, 2.05) is 22.8 Å². The van der Waals surface area contributed by atoms with Gasteiger partial charge in [-0.05, 0) is 37.8 Å². The van der Waals surface area contributed by atoms with Crippen molar-refractivity contribution < 1.29 is 4.79 Å². The third-order valence-electron chi connectivity index (χ3n) is 5.24. The number of carbonyl (C=O) groups is 1. The van der Waals surface area contributed by atoms with E-state index in [1.54, 1.807) is 11.6 Å². The highest BCUT2D eigenvalue weighted by Gasteiger charge is 2.25. The smallest absolute Gasteiger partial charge is 0.245 e.